The maximum Gasteiger partial charge on any atom is 0.0900 e. The maximum absolute atomic E-state index is 10.1. The molecular weight excluding hydrogens is 256 g/mol. The molecule has 5 nitrogen and oxygen atoms in total. The van der Waals surface area contributed by atoms with Gasteiger partial charge in [-0.15, -0.1) is 0 Å². The lowest BCUT2D eigenvalue weighted by Gasteiger charge is -2.36. The van der Waals surface area contributed by atoms with Crippen LogP contribution in [0.25, 0.3) is 0 Å². The second-order valence-corrected chi connectivity index (χ2v) is 5.99. The van der Waals surface area contributed by atoms with Crippen molar-refractivity contribution in [3.63, 3.8) is 0 Å². The number of aliphatic hydroxyl groups is 1. The molecule has 4 unspecified atom stereocenters. The fourth-order valence-corrected chi connectivity index (χ4v) is 2.81. The fraction of sp³-hybridized carbons (Fsp3) is 1.00. The van der Waals surface area contributed by atoms with Crippen LogP contribution in [0.5, 0.6) is 0 Å². The van der Waals surface area contributed by atoms with Gasteiger partial charge in [0.25, 0.3) is 0 Å². The molecule has 1 fully saturated rings. The van der Waals surface area contributed by atoms with Crippen molar-refractivity contribution in [2.45, 2.75) is 44.9 Å². The molecule has 0 aromatic rings. The van der Waals surface area contributed by atoms with E-state index >= 15 is 0 Å². The smallest absolute Gasteiger partial charge is 0.0900 e. The van der Waals surface area contributed by atoms with Crippen molar-refractivity contribution in [1.29, 1.82) is 0 Å². The third-order valence-corrected chi connectivity index (χ3v) is 4.15. The molecule has 1 aliphatic rings. The third-order valence-electron chi connectivity index (χ3n) is 4.15. The van der Waals surface area contributed by atoms with Gasteiger partial charge >= 0.3 is 0 Å². The second kappa shape index (κ2) is 9.68. The SMILES string of the molecule is CNC(C)C1CCCN(CC(O)COC(C)COC)C1. The molecule has 0 aromatic carbocycles. The fourth-order valence-electron chi connectivity index (χ4n) is 2.81. The monoisotopic (exact) mass is 288 g/mol. The van der Waals surface area contributed by atoms with Crippen LogP contribution < -0.4 is 5.32 Å². The highest BCUT2D eigenvalue weighted by Gasteiger charge is 2.25. The van der Waals surface area contributed by atoms with Crippen LogP contribution in [0.1, 0.15) is 26.7 Å². The molecule has 5 heteroatoms. The number of likely N-dealkylation sites (tertiary alicyclic amines) is 1. The molecule has 0 aliphatic carbocycles. The number of methoxy groups -OCH3 is 1. The van der Waals surface area contributed by atoms with Crippen LogP contribution in [-0.2, 0) is 9.47 Å². The molecule has 0 spiro atoms. The molecule has 20 heavy (non-hydrogen) atoms. The molecule has 1 saturated heterocycles. The topological polar surface area (TPSA) is 54.0 Å². The predicted molar refractivity (Wildman–Crippen MR) is 81.0 cm³/mol. The first-order chi connectivity index (χ1) is 9.56. The quantitative estimate of drug-likeness (QED) is 0.655. The van der Waals surface area contributed by atoms with Gasteiger partial charge < -0.3 is 24.8 Å². The van der Waals surface area contributed by atoms with Gasteiger partial charge in [-0.25, -0.2) is 0 Å². The molecule has 0 radical (unpaired) electrons. The van der Waals surface area contributed by atoms with Gasteiger partial charge in [-0.2, -0.15) is 0 Å². The molecule has 0 saturated carbocycles. The highest BCUT2D eigenvalue weighted by Crippen LogP contribution is 2.19. The molecule has 1 rings (SSSR count). The average Bonchev–Trinajstić information content (AvgIpc) is 2.45. The summed E-state index contributed by atoms with van der Waals surface area (Å²) >= 11 is 0. The molecular formula is C15H32N2O3. The van der Waals surface area contributed by atoms with Crippen molar-refractivity contribution in [2.75, 3.05) is 47.0 Å². The van der Waals surface area contributed by atoms with Gasteiger partial charge in [-0.05, 0) is 46.2 Å². The first kappa shape index (κ1) is 17.9. The lowest BCUT2D eigenvalue weighted by Crippen LogP contribution is -2.46. The Labute approximate surface area is 123 Å². The number of aliphatic hydroxyl groups excluding tert-OH is 1. The number of β-amino-alcohol motifs (C(OH)–C–C–N with tert-alkyl or cyclic N) is 1. The zero-order valence-electron chi connectivity index (χ0n) is 13.5. The average molecular weight is 288 g/mol. The molecule has 4 atom stereocenters. The van der Waals surface area contributed by atoms with Crippen LogP contribution in [0.3, 0.4) is 0 Å². The molecule has 2 N–H and O–H groups in total. The molecule has 120 valence electrons. The molecule has 0 aromatic heterocycles. The van der Waals surface area contributed by atoms with E-state index in [2.05, 4.69) is 17.1 Å². The normalized spacial score (nSPS) is 25.4. The maximum atomic E-state index is 10.1. The van der Waals surface area contributed by atoms with E-state index in [1.54, 1.807) is 7.11 Å². The van der Waals surface area contributed by atoms with Crippen LogP contribution in [0.4, 0.5) is 0 Å². The highest BCUT2D eigenvalue weighted by molar-refractivity contribution is 4.80. The van der Waals surface area contributed by atoms with E-state index in [9.17, 15) is 5.11 Å². The molecule has 1 aliphatic heterocycles. The zero-order chi connectivity index (χ0) is 15.0. The molecule has 0 amide bonds. The van der Waals surface area contributed by atoms with E-state index in [1.807, 2.05) is 14.0 Å². The number of ether oxygens (including phenoxy) is 2. The van der Waals surface area contributed by atoms with Gasteiger partial charge in [0.05, 0.1) is 25.4 Å². The summed E-state index contributed by atoms with van der Waals surface area (Å²) in [4.78, 5) is 2.36. The largest absolute Gasteiger partial charge is 0.389 e. The third kappa shape index (κ3) is 6.50. The van der Waals surface area contributed by atoms with Crippen LogP contribution in [0, 0.1) is 5.92 Å². The first-order valence-electron chi connectivity index (χ1n) is 7.75. The van der Waals surface area contributed by atoms with Gasteiger partial charge in [0.15, 0.2) is 0 Å². The number of hydrogen-bond acceptors (Lipinski definition) is 5. The Bertz CT molecular complexity index is 253. The van der Waals surface area contributed by atoms with E-state index < -0.39 is 6.10 Å². The Morgan fingerprint density at radius 3 is 2.75 bits per heavy atom. The van der Waals surface area contributed by atoms with Crippen LogP contribution in [0.2, 0.25) is 0 Å². The van der Waals surface area contributed by atoms with Crippen molar-refractivity contribution in [3.05, 3.63) is 0 Å². The number of nitrogens with one attached hydrogen (secondary N) is 1. The lowest BCUT2D eigenvalue weighted by molar-refractivity contribution is -0.0427. The standard InChI is InChI=1S/C15H32N2O3/c1-12(10-19-4)20-11-15(18)9-17-7-5-6-14(8-17)13(2)16-3/h12-16,18H,5-11H2,1-4H3. The number of nitrogens with zero attached hydrogens (tertiary/aromatic N) is 1. The summed E-state index contributed by atoms with van der Waals surface area (Å²) in [6.45, 7) is 7.99. The molecule has 0 bridgehead atoms. The van der Waals surface area contributed by atoms with E-state index in [4.69, 9.17) is 9.47 Å². The summed E-state index contributed by atoms with van der Waals surface area (Å²) in [7, 11) is 3.68. The van der Waals surface area contributed by atoms with E-state index in [-0.39, 0.29) is 6.10 Å². The summed E-state index contributed by atoms with van der Waals surface area (Å²) in [5, 5.41) is 13.4. The predicted octanol–water partition coefficient (Wildman–Crippen LogP) is 0.719. The summed E-state index contributed by atoms with van der Waals surface area (Å²) in [6, 6.07) is 0.535. The van der Waals surface area contributed by atoms with Gasteiger partial charge in [-0.1, -0.05) is 0 Å². The van der Waals surface area contributed by atoms with Gasteiger partial charge in [0.1, 0.15) is 0 Å². The Balaban J connectivity index is 2.25. The minimum Gasteiger partial charge on any atom is -0.389 e. The Hall–Kier alpha value is -0.200. The summed E-state index contributed by atoms with van der Waals surface area (Å²) in [5.74, 6) is 0.675. The number of hydrogen-bond donors (Lipinski definition) is 2. The van der Waals surface area contributed by atoms with Crippen molar-refractivity contribution in [3.8, 4) is 0 Å². The minimum absolute atomic E-state index is 0.0352. The Kier molecular flexibility index (Phi) is 8.64. The number of piperidine rings is 1. The summed E-state index contributed by atoms with van der Waals surface area (Å²) in [5.41, 5.74) is 0. The van der Waals surface area contributed by atoms with Gasteiger partial charge in [-0.3, -0.25) is 0 Å². The van der Waals surface area contributed by atoms with Crippen molar-refractivity contribution < 1.29 is 14.6 Å². The number of rotatable bonds is 9. The van der Waals surface area contributed by atoms with Crippen molar-refractivity contribution in [2.24, 2.45) is 5.92 Å². The van der Waals surface area contributed by atoms with Gasteiger partial charge in [0.2, 0.25) is 0 Å². The molecule has 1 heterocycles. The van der Waals surface area contributed by atoms with Crippen molar-refractivity contribution in [1.82, 2.24) is 10.2 Å². The Morgan fingerprint density at radius 1 is 1.35 bits per heavy atom. The van der Waals surface area contributed by atoms with Crippen LogP contribution in [0.15, 0.2) is 0 Å². The zero-order valence-corrected chi connectivity index (χ0v) is 13.5. The van der Waals surface area contributed by atoms with Crippen molar-refractivity contribution >= 4 is 0 Å². The van der Waals surface area contributed by atoms with Crippen LogP contribution >= 0.6 is 0 Å². The van der Waals surface area contributed by atoms with E-state index in [0.29, 0.717) is 31.7 Å². The van der Waals surface area contributed by atoms with Crippen LogP contribution in [-0.4, -0.2) is 75.3 Å². The second-order valence-electron chi connectivity index (χ2n) is 5.99. The Morgan fingerprint density at radius 2 is 2.10 bits per heavy atom. The van der Waals surface area contributed by atoms with Gasteiger partial charge in [0, 0.05) is 26.2 Å². The first-order valence-corrected chi connectivity index (χ1v) is 7.75. The lowest BCUT2D eigenvalue weighted by atomic mass is 9.91. The summed E-state index contributed by atoms with van der Waals surface area (Å²) < 4.78 is 10.6. The van der Waals surface area contributed by atoms with E-state index in [1.165, 1.54) is 12.8 Å². The van der Waals surface area contributed by atoms with E-state index in [0.717, 1.165) is 13.1 Å². The minimum atomic E-state index is -0.419. The summed E-state index contributed by atoms with van der Waals surface area (Å²) in [6.07, 6.45) is 2.10. The highest BCUT2D eigenvalue weighted by atomic mass is 16.5.